The van der Waals surface area contributed by atoms with E-state index in [0.717, 1.165) is 35.3 Å². The smallest absolute Gasteiger partial charge is 0.393 e. The average molecular weight is 434 g/mol. The highest BCUT2D eigenvalue weighted by Gasteiger charge is 2.35. The molecule has 1 aliphatic carbocycles. The predicted octanol–water partition coefficient (Wildman–Crippen LogP) is 2.53. The van der Waals surface area contributed by atoms with Gasteiger partial charge in [-0.1, -0.05) is 6.07 Å². The van der Waals surface area contributed by atoms with Crippen LogP contribution in [0, 0.1) is 5.92 Å². The Morgan fingerprint density at radius 2 is 1.69 bits per heavy atom. The first-order chi connectivity index (χ1) is 13.6. The predicted molar refractivity (Wildman–Crippen MR) is 99.3 cm³/mol. The first-order valence-corrected chi connectivity index (χ1v) is 11.2. The summed E-state index contributed by atoms with van der Waals surface area (Å²) in [5.74, 6) is -0.447. The topological polar surface area (TPSA) is 86.7 Å². The number of carbonyl (C=O) groups is 1. The average Bonchev–Trinajstić information content (AvgIpc) is 2.69. The lowest BCUT2D eigenvalue weighted by atomic mass is 9.91. The third-order valence-electron chi connectivity index (χ3n) is 5.67. The third kappa shape index (κ3) is 5.29. The van der Waals surface area contributed by atoms with E-state index in [9.17, 15) is 31.5 Å². The molecular weight excluding hydrogens is 409 g/mol. The van der Waals surface area contributed by atoms with E-state index in [2.05, 4.69) is 5.32 Å². The molecule has 10 heteroatoms. The van der Waals surface area contributed by atoms with Crippen molar-refractivity contribution in [3.63, 3.8) is 0 Å². The molecule has 2 fully saturated rings. The molecular formula is C19H25F3N2O4S. The molecule has 1 aromatic carbocycles. The van der Waals surface area contributed by atoms with E-state index in [-0.39, 0.29) is 37.1 Å². The number of alkyl halides is 3. The molecule has 0 spiro atoms. The number of benzene rings is 1. The number of aliphatic hydroxyl groups is 1. The van der Waals surface area contributed by atoms with Gasteiger partial charge >= 0.3 is 6.18 Å². The Labute approximate surface area is 168 Å². The Morgan fingerprint density at radius 3 is 2.28 bits per heavy atom. The van der Waals surface area contributed by atoms with Crippen LogP contribution in [0.15, 0.2) is 29.2 Å². The maximum atomic E-state index is 12.9. The summed E-state index contributed by atoms with van der Waals surface area (Å²) < 4.78 is 65.2. The number of halogens is 3. The Bertz CT molecular complexity index is 828. The van der Waals surface area contributed by atoms with Crippen LogP contribution < -0.4 is 5.32 Å². The lowest BCUT2D eigenvalue weighted by Crippen LogP contribution is -2.46. The molecule has 6 nitrogen and oxygen atoms in total. The molecule has 1 amide bonds. The molecule has 0 unspecified atom stereocenters. The molecule has 1 aromatic rings. The second-order valence-corrected chi connectivity index (χ2v) is 9.66. The summed E-state index contributed by atoms with van der Waals surface area (Å²) in [6.45, 7) is 0.167. The van der Waals surface area contributed by atoms with Crippen molar-refractivity contribution in [2.24, 2.45) is 5.92 Å². The van der Waals surface area contributed by atoms with Crippen molar-refractivity contribution >= 4 is 15.9 Å². The summed E-state index contributed by atoms with van der Waals surface area (Å²) in [7, 11) is -4.05. The van der Waals surface area contributed by atoms with E-state index in [1.54, 1.807) is 0 Å². The molecule has 1 saturated heterocycles. The summed E-state index contributed by atoms with van der Waals surface area (Å²) in [5.41, 5.74) is -1.01. The maximum Gasteiger partial charge on any atom is 0.416 e. The van der Waals surface area contributed by atoms with Crippen molar-refractivity contribution in [1.29, 1.82) is 0 Å². The van der Waals surface area contributed by atoms with Gasteiger partial charge in [-0.2, -0.15) is 17.5 Å². The highest BCUT2D eigenvalue weighted by Crippen LogP contribution is 2.32. The standard InChI is InChI=1S/C19H25F3N2O4S/c20-19(21,22)14-2-1-3-17(12-14)29(27,28)24-10-8-13(9-11-24)18(26)23-15-4-6-16(25)7-5-15/h1-3,12-13,15-16,25H,4-11H2,(H,23,26). The molecule has 1 saturated carbocycles. The highest BCUT2D eigenvalue weighted by molar-refractivity contribution is 7.89. The van der Waals surface area contributed by atoms with Gasteiger partial charge in [0.2, 0.25) is 15.9 Å². The number of hydrogen-bond donors (Lipinski definition) is 2. The van der Waals surface area contributed by atoms with E-state index in [1.807, 2.05) is 0 Å². The summed E-state index contributed by atoms with van der Waals surface area (Å²) in [6.07, 6.45) is -1.56. The number of piperidine rings is 1. The fourth-order valence-corrected chi connectivity index (χ4v) is 5.40. The van der Waals surface area contributed by atoms with Gasteiger partial charge in [0.05, 0.1) is 16.6 Å². The summed E-state index contributed by atoms with van der Waals surface area (Å²) in [4.78, 5) is 12.1. The number of amides is 1. The Hall–Kier alpha value is -1.65. The number of sulfonamides is 1. The van der Waals surface area contributed by atoms with E-state index < -0.39 is 26.7 Å². The Kier molecular flexibility index (Phi) is 6.54. The van der Waals surface area contributed by atoms with Gasteiger partial charge in [-0.3, -0.25) is 4.79 Å². The fourth-order valence-electron chi connectivity index (χ4n) is 3.88. The van der Waals surface area contributed by atoms with Gasteiger partial charge in [0.25, 0.3) is 0 Å². The van der Waals surface area contributed by atoms with E-state index in [4.69, 9.17) is 0 Å². The zero-order valence-corrected chi connectivity index (χ0v) is 16.7. The zero-order chi connectivity index (χ0) is 21.2. The Balaban J connectivity index is 1.59. The summed E-state index contributed by atoms with van der Waals surface area (Å²) >= 11 is 0. The van der Waals surface area contributed by atoms with E-state index >= 15 is 0 Å². The normalized spacial score (nSPS) is 25.0. The van der Waals surface area contributed by atoms with Crippen molar-refractivity contribution < 1.29 is 31.5 Å². The molecule has 1 aliphatic heterocycles. The minimum atomic E-state index is -4.62. The first-order valence-electron chi connectivity index (χ1n) is 9.73. The molecule has 3 rings (SSSR count). The SMILES string of the molecule is O=C(NC1CCC(O)CC1)C1CCN(S(=O)(=O)c2cccc(C(F)(F)F)c2)CC1. The zero-order valence-electron chi connectivity index (χ0n) is 15.9. The number of hydrogen-bond acceptors (Lipinski definition) is 4. The second-order valence-electron chi connectivity index (χ2n) is 7.72. The summed E-state index contributed by atoms with van der Waals surface area (Å²) in [5, 5.41) is 12.5. The van der Waals surface area contributed by atoms with Gasteiger partial charge in [0.15, 0.2) is 0 Å². The lowest BCUT2D eigenvalue weighted by molar-refractivity contribution is -0.137. The van der Waals surface area contributed by atoms with Gasteiger partial charge in [0.1, 0.15) is 0 Å². The number of aliphatic hydroxyl groups excluding tert-OH is 1. The van der Waals surface area contributed by atoms with Gasteiger partial charge in [0, 0.05) is 25.0 Å². The number of nitrogens with one attached hydrogen (secondary N) is 1. The van der Waals surface area contributed by atoms with Gasteiger partial charge in [-0.05, 0) is 56.7 Å². The fraction of sp³-hybridized carbons (Fsp3) is 0.632. The van der Waals surface area contributed by atoms with Crippen molar-refractivity contribution in [3.8, 4) is 0 Å². The molecule has 29 heavy (non-hydrogen) atoms. The van der Waals surface area contributed by atoms with Crippen molar-refractivity contribution in [3.05, 3.63) is 29.8 Å². The van der Waals surface area contributed by atoms with Gasteiger partial charge in [-0.25, -0.2) is 8.42 Å². The quantitative estimate of drug-likeness (QED) is 0.763. The first kappa shape index (κ1) is 22.0. The van der Waals surface area contributed by atoms with Gasteiger partial charge < -0.3 is 10.4 Å². The van der Waals surface area contributed by atoms with E-state index in [1.165, 1.54) is 0 Å². The number of carbonyl (C=O) groups excluding carboxylic acids is 1. The molecule has 0 bridgehead atoms. The van der Waals surface area contributed by atoms with Crippen molar-refractivity contribution in [2.75, 3.05) is 13.1 Å². The molecule has 0 atom stereocenters. The lowest BCUT2D eigenvalue weighted by Gasteiger charge is -2.32. The van der Waals surface area contributed by atoms with Crippen LogP contribution in [0.4, 0.5) is 13.2 Å². The van der Waals surface area contributed by atoms with Crippen molar-refractivity contribution in [1.82, 2.24) is 9.62 Å². The van der Waals surface area contributed by atoms with Crippen LogP contribution in [0.1, 0.15) is 44.1 Å². The third-order valence-corrected chi connectivity index (χ3v) is 7.56. The minimum Gasteiger partial charge on any atom is -0.393 e. The molecule has 0 radical (unpaired) electrons. The molecule has 0 aromatic heterocycles. The van der Waals surface area contributed by atoms with Crippen LogP contribution in [-0.2, 0) is 21.0 Å². The van der Waals surface area contributed by atoms with Gasteiger partial charge in [-0.15, -0.1) is 0 Å². The molecule has 2 aliphatic rings. The van der Waals surface area contributed by atoms with Crippen LogP contribution in [0.5, 0.6) is 0 Å². The summed E-state index contributed by atoms with van der Waals surface area (Å²) in [6, 6.07) is 3.74. The second kappa shape index (κ2) is 8.61. The van der Waals surface area contributed by atoms with Crippen LogP contribution >= 0.6 is 0 Å². The largest absolute Gasteiger partial charge is 0.416 e. The molecule has 162 valence electrons. The van der Waals surface area contributed by atoms with Crippen LogP contribution in [-0.4, -0.2) is 49.0 Å². The number of nitrogens with zero attached hydrogens (tertiary/aromatic N) is 1. The van der Waals surface area contributed by atoms with E-state index in [0.29, 0.717) is 31.7 Å². The Morgan fingerprint density at radius 1 is 1.07 bits per heavy atom. The van der Waals surface area contributed by atoms with Crippen molar-refractivity contribution in [2.45, 2.75) is 61.7 Å². The monoisotopic (exact) mass is 434 g/mol. The minimum absolute atomic E-state index is 0.0257. The number of rotatable bonds is 4. The molecule has 1 heterocycles. The maximum absolute atomic E-state index is 12.9. The van der Waals surface area contributed by atoms with Crippen LogP contribution in [0.3, 0.4) is 0 Å². The van der Waals surface area contributed by atoms with Crippen LogP contribution in [0.2, 0.25) is 0 Å². The van der Waals surface area contributed by atoms with Crippen LogP contribution in [0.25, 0.3) is 0 Å². The highest BCUT2D eigenvalue weighted by atomic mass is 32.2. The molecule has 2 N–H and O–H groups in total.